The third kappa shape index (κ3) is 2.93. The van der Waals surface area contributed by atoms with Crippen molar-refractivity contribution in [3.05, 3.63) is 54.0 Å². The Labute approximate surface area is 99.5 Å². The first-order valence-corrected chi connectivity index (χ1v) is 5.38. The second-order valence-electron chi connectivity index (χ2n) is 3.89. The van der Waals surface area contributed by atoms with Crippen molar-refractivity contribution in [2.24, 2.45) is 0 Å². The van der Waals surface area contributed by atoms with Crippen molar-refractivity contribution in [1.82, 2.24) is 4.98 Å². The van der Waals surface area contributed by atoms with E-state index < -0.39 is 0 Å². The van der Waals surface area contributed by atoms with Crippen LogP contribution in [-0.2, 0) is 0 Å². The molecule has 1 heterocycles. The fourth-order valence-corrected chi connectivity index (χ4v) is 1.60. The number of nitrogens with two attached hydrogens (primary N) is 1. The van der Waals surface area contributed by atoms with E-state index in [0.717, 1.165) is 11.3 Å². The second kappa shape index (κ2) is 4.82. The molecule has 0 saturated heterocycles. The fourth-order valence-electron chi connectivity index (χ4n) is 1.60. The normalized spacial score (nSPS) is 12.1. The Kier molecular flexibility index (Phi) is 3.23. The Hall–Kier alpha value is -2.10. The van der Waals surface area contributed by atoms with Gasteiger partial charge in [-0.25, -0.2) is 9.37 Å². The summed E-state index contributed by atoms with van der Waals surface area (Å²) in [6, 6.07) is 10.1. The van der Waals surface area contributed by atoms with Gasteiger partial charge in [0, 0.05) is 6.04 Å². The quantitative estimate of drug-likeness (QED) is 0.853. The average Bonchev–Trinajstić information content (AvgIpc) is 2.32. The Morgan fingerprint density at radius 3 is 2.76 bits per heavy atom. The summed E-state index contributed by atoms with van der Waals surface area (Å²) in [5.74, 6) is 0.250. The van der Waals surface area contributed by atoms with Crippen LogP contribution in [0.4, 0.5) is 15.9 Å². The van der Waals surface area contributed by atoms with Gasteiger partial charge in [0.2, 0.25) is 0 Å². The third-order valence-corrected chi connectivity index (χ3v) is 2.52. The van der Waals surface area contributed by atoms with Gasteiger partial charge in [-0.15, -0.1) is 0 Å². The highest BCUT2D eigenvalue weighted by Crippen LogP contribution is 2.19. The Morgan fingerprint density at radius 1 is 1.29 bits per heavy atom. The fraction of sp³-hybridized carbons (Fsp3) is 0.154. The Bertz CT molecular complexity index is 496. The molecule has 0 amide bonds. The van der Waals surface area contributed by atoms with Crippen molar-refractivity contribution in [2.45, 2.75) is 13.0 Å². The van der Waals surface area contributed by atoms with Crippen LogP contribution in [0.3, 0.4) is 0 Å². The minimum atomic E-state index is -0.230. The van der Waals surface area contributed by atoms with Crippen molar-refractivity contribution < 1.29 is 4.39 Å². The molecule has 1 aromatic heterocycles. The monoisotopic (exact) mass is 231 g/mol. The Morgan fingerprint density at radius 2 is 2.12 bits per heavy atom. The standard InChI is InChI=1S/C13H14FN3/c1-9(10-3-2-4-11(14)7-10)17-12-5-6-13(15)16-8-12/h2-9,17H,1H3,(H2,15,16). The number of nitrogen functional groups attached to an aromatic ring is 1. The lowest BCUT2D eigenvalue weighted by Gasteiger charge is -2.15. The number of pyridine rings is 1. The van der Waals surface area contributed by atoms with Gasteiger partial charge in [0.25, 0.3) is 0 Å². The summed E-state index contributed by atoms with van der Waals surface area (Å²) in [7, 11) is 0. The SMILES string of the molecule is CC(Nc1ccc(N)nc1)c1cccc(F)c1. The van der Waals surface area contributed by atoms with Crippen LogP contribution >= 0.6 is 0 Å². The zero-order chi connectivity index (χ0) is 12.3. The summed E-state index contributed by atoms with van der Waals surface area (Å²) in [6.45, 7) is 1.96. The van der Waals surface area contributed by atoms with Crippen LogP contribution in [0.25, 0.3) is 0 Å². The van der Waals surface area contributed by atoms with Crippen LogP contribution in [0.2, 0.25) is 0 Å². The number of hydrogen-bond donors (Lipinski definition) is 2. The molecular formula is C13H14FN3. The summed E-state index contributed by atoms with van der Waals surface area (Å²) in [6.07, 6.45) is 1.66. The molecule has 17 heavy (non-hydrogen) atoms. The van der Waals surface area contributed by atoms with Gasteiger partial charge in [0.05, 0.1) is 11.9 Å². The van der Waals surface area contributed by atoms with Crippen molar-refractivity contribution in [2.75, 3.05) is 11.1 Å². The van der Waals surface area contributed by atoms with Crippen LogP contribution in [0.15, 0.2) is 42.6 Å². The van der Waals surface area contributed by atoms with E-state index in [1.165, 1.54) is 12.1 Å². The van der Waals surface area contributed by atoms with E-state index in [2.05, 4.69) is 10.3 Å². The van der Waals surface area contributed by atoms with E-state index >= 15 is 0 Å². The number of nitrogens with one attached hydrogen (secondary N) is 1. The zero-order valence-corrected chi connectivity index (χ0v) is 9.52. The van der Waals surface area contributed by atoms with E-state index in [4.69, 9.17) is 5.73 Å². The molecule has 0 fully saturated rings. The summed E-state index contributed by atoms with van der Waals surface area (Å²) >= 11 is 0. The maximum Gasteiger partial charge on any atom is 0.123 e. The highest BCUT2D eigenvalue weighted by molar-refractivity contribution is 5.47. The predicted molar refractivity (Wildman–Crippen MR) is 67.1 cm³/mol. The van der Waals surface area contributed by atoms with Crippen molar-refractivity contribution >= 4 is 11.5 Å². The van der Waals surface area contributed by atoms with Gasteiger partial charge in [0.1, 0.15) is 11.6 Å². The molecule has 0 saturated carbocycles. The van der Waals surface area contributed by atoms with Gasteiger partial charge < -0.3 is 11.1 Å². The van der Waals surface area contributed by atoms with Crippen LogP contribution in [0.1, 0.15) is 18.5 Å². The number of hydrogen-bond acceptors (Lipinski definition) is 3. The van der Waals surface area contributed by atoms with E-state index in [-0.39, 0.29) is 11.9 Å². The zero-order valence-electron chi connectivity index (χ0n) is 9.52. The summed E-state index contributed by atoms with van der Waals surface area (Å²) in [5.41, 5.74) is 7.25. The number of aromatic nitrogens is 1. The minimum Gasteiger partial charge on any atom is -0.384 e. The molecule has 0 bridgehead atoms. The van der Waals surface area contributed by atoms with Crippen molar-refractivity contribution in [1.29, 1.82) is 0 Å². The molecule has 2 aromatic rings. The van der Waals surface area contributed by atoms with Crippen LogP contribution in [-0.4, -0.2) is 4.98 Å². The van der Waals surface area contributed by atoms with Crippen LogP contribution < -0.4 is 11.1 Å². The van der Waals surface area contributed by atoms with Gasteiger partial charge in [-0.05, 0) is 36.8 Å². The van der Waals surface area contributed by atoms with Gasteiger partial charge in [0.15, 0.2) is 0 Å². The summed E-state index contributed by atoms with van der Waals surface area (Å²) < 4.78 is 13.1. The molecule has 3 nitrogen and oxygen atoms in total. The smallest absolute Gasteiger partial charge is 0.123 e. The summed E-state index contributed by atoms with van der Waals surface area (Å²) in [4.78, 5) is 3.98. The van der Waals surface area contributed by atoms with E-state index in [1.54, 1.807) is 18.3 Å². The summed E-state index contributed by atoms with van der Waals surface area (Å²) in [5, 5.41) is 3.23. The molecule has 0 radical (unpaired) electrons. The van der Waals surface area contributed by atoms with Crippen molar-refractivity contribution in [3.63, 3.8) is 0 Å². The van der Waals surface area contributed by atoms with E-state index in [1.807, 2.05) is 19.1 Å². The van der Waals surface area contributed by atoms with Gasteiger partial charge in [-0.3, -0.25) is 0 Å². The topological polar surface area (TPSA) is 50.9 Å². The number of anilines is 2. The first kappa shape index (κ1) is 11.4. The molecule has 1 atom stereocenters. The molecule has 1 aromatic carbocycles. The maximum absolute atomic E-state index is 13.1. The third-order valence-electron chi connectivity index (χ3n) is 2.52. The van der Waals surface area contributed by atoms with Gasteiger partial charge in [-0.2, -0.15) is 0 Å². The number of nitrogens with zero attached hydrogens (tertiary/aromatic N) is 1. The second-order valence-corrected chi connectivity index (χ2v) is 3.89. The maximum atomic E-state index is 13.1. The number of rotatable bonds is 3. The minimum absolute atomic E-state index is 0.0103. The first-order valence-electron chi connectivity index (χ1n) is 5.38. The van der Waals surface area contributed by atoms with Crippen molar-refractivity contribution in [3.8, 4) is 0 Å². The molecule has 0 aliphatic carbocycles. The highest BCUT2D eigenvalue weighted by atomic mass is 19.1. The average molecular weight is 231 g/mol. The number of halogens is 1. The first-order chi connectivity index (χ1) is 8.15. The van der Waals surface area contributed by atoms with Crippen LogP contribution in [0.5, 0.6) is 0 Å². The van der Waals surface area contributed by atoms with Crippen LogP contribution in [0, 0.1) is 5.82 Å². The van der Waals surface area contributed by atoms with Gasteiger partial charge in [-0.1, -0.05) is 12.1 Å². The largest absolute Gasteiger partial charge is 0.384 e. The predicted octanol–water partition coefficient (Wildman–Crippen LogP) is 2.98. The highest BCUT2D eigenvalue weighted by Gasteiger charge is 2.06. The molecule has 4 heteroatoms. The lowest BCUT2D eigenvalue weighted by atomic mass is 10.1. The lowest BCUT2D eigenvalue weighted by molar-refractivity contribution is 0.623. The molecule has 2 rings (SSSR count). The lowest BCUT2D eigenvalue weighted by Crippen LogP contribution is -2.07. The molecule has 3 N–H and O–H groups in total. The molecule has 0 aliphatic rings. The molecule has 88 valence electrons. The van der Waals surface area contributed by atoms with E-state index in [0.29, 0.717) is 5.82 Å². The Balaban J connectivity index is 2.11. The molecular weight excluding hydrogens is 217 g/mol. The molecule has 0 spiro atoms. The van der Waals surface area contributed by atoms with E-state index in [9.17, 15) is 4.39 Å². The molecule has 1 unspecified atom stereocenters. The number of benzene rings is 1. The molecule has 0 aliphatic heterocycles. The van der Waals surface area contributed by atoms with Gasteiger partial charge >= 0.3 is 0 Å².